The highest BCUT2D eigenvalue weighted by atomic mass is 32.1. The third kappa shape index (κ3) is 4.81. The lowest BCUT2D eigenvalue weighted by Crippen LogP contribution is -2.39. The normalized spacial score (nSPS) is 14.9. The molecule has 0 aliphatic carbocycles. The number of morpholine rings is 1. The molecule has 0 unspecified atom stereocenters. The first-order valence-corrected chi connectivity index (χ1v) is 12.0. The Hall–Kier alpha value is -2.29. The van der Waals surface area contributed by atoms with Gasteiger partial charge in [0.15, 0.2) is 10.8 Å². The molecule has 1 saturated heterocycles. The van der Waals surface area contributed by atoms with Gasteiger partial charge in [0, 0.05) is 38.4 Å². The zero-order valence-corrected chi connectivity index (χ0v) is 19.5. The highest BCUT2D eigenvalue weighted by molar-refractivity contribution is 7.22. The van der Waals surface area contributed by atoms with Gasteiger partial charge in [-0.2, -0.15) is 5.10 Å². The molecule has 0 spiro atoms. The number of benzene rings is 1. The van der Waals surface area contributed by atoms with Crippen molar-refractivity contribution in [3.8, 4) is 0 Å². The van der Waals surface area contributed by atoms with Crippen molar-refractivity contribution in [2.75, 3.05) is 44.3 Å². The molecule has 0 N–H and O–H groups in total. The van der Waals surface area contributed by atoms with Crippen molar-refractivity contribution in [3.63, 3.8) is 0 Å². The van der Waals surface area contributed by atoms with E-state index in [4.69, 9.17) is 9.72 Å². The average molecular weight is 442 g/mol. The molecule has 1 amide bonds. The Labute approximate surface area is 187 Å². The summed E-state index contributed by atoms with van der Waals surface area (Å²) < 4.78 is 8.44. The number of nitrogens with zero attached hydrogens (tertiary/aromatic N) is 5. The number of hydrogen-bond acceptors (Lipinski definition) is 6. The minimum Gasteiger partial charge on any atom is -0.379 e. The van der Waals surface area contributed by atoms with Crippen LogP contribution in [0.25, 0.3) is 10.2 Å². The maximum atomic E-state index is 13.5. The number of para-hydroxylation sites is 1. The Bertz CT molecular complexity index is 1040. The SMILES string of the molecule is CCc1cccc2sc(N(CCCN3CCOCC3)C(=O)c3cc(C)n(CC)n3)nc12. The van der Waals surface area contributed by atoms with Crippen LogP contribution in [0.1, 0.15) is 42.0 Å². The molecule has 1 aliphatic rings. The predicted molar refractivity (Wildman–Crippen MR) is 125 cm³/mol. The maximum Gasteiger partial charge on any atom is 0.280 e. The summed E-state index contributed by atoms with van der Waals surface area (Å²) in [4.78, 5) is 22.6. The minimum absolute atomic E-state index is 0.0746. The van der Waals surface area contributed by atoms with Gasteiger partial charge in [-0.1, -0.05) is 30.4 Å². The van der Waals surface area contributed by atoms with Crippen molar-refractivity contribution in [1.82, 2.24) is 19.7 Å². The number of aryl methyl sites for hydroxylation is 3. The first kappa shape index (κ1) is 21.9. The molecule has 166 valence electrons. The van der Waals surface area contributed by atoms with E-state index in [1.807, 2.05) is 29.5 Å². The van der Waals surface area contributed by atoms with E-state index in [-0.39, 0.29) is 5.91 Å². The number of anilines is 1. The van der Waals surface area contributed by atoms with Crippen molar-refractivity contribution in [1.29, 1.82) is 0 Å². The Balaban J connectivity index is 1.60. The van der Waals surface area contributed by atoms with Crippen LogP contribution in [0.3, 0.4) is 0 Å². The van der Waals surface area contributed by atoms with Gasteiger partial charge in [0.1, 0.15) is 0 Å². The third-order valence-corrected chi connectivity index (χ3v) is 6.85. The fourth-order valence-corrected chi connectivity index (χ4v) is 5.07. The van der Waals surface area contributed by atoms with E-state index in [0.717, 1.165) is 73.3 Å². The molecular formula is C23H31N5O2S. The molecule has 8 heteroatoms. The van der Waals surface area contributed by atoms with Crippen LogP contribution in [0.4, 0.5) is 5.13 Å². The van der Waals surface area contributed by atoms with Gasteiger partial charge in [-0.3, -0.25) is 19.3 Å². The van der Waals surface area contributed by atoms with Crippen molar-refractivity contribution in [3.05, 3.63) is 41.2 Å². The zero-order valence-electron chi connectivity index (χ0n) is 18.6. The van der Waals surface area contributed by atoms with Gasteiger partial charge in [-0.05, 0) is 44.4 Å². The first-order valence-electron chi connectivity index (χ1n) is 11.2. The number of fused-ring (bicyclic) bond motifs is 1. The molecule has 1 aromatic carbocycles. The highest BCUT2D eigenvalue weighted by Gasteiger charge is 2.24. The lowest BCUT2D eigenvalue weighted by Gasteiger charge is -2.27. The topological polar surface area (TPSA) is 63.5 Å². The van der Waals surface area contributed by atoms with Crippen molar-refractivity contribution >= 4 is 32.6 Å². The molecule has 1 fully saturated rings. The molecule has 7 nitrogen and oxygen atoms in total. The molecule has 0 bridgehead atoms. The Morgan fingerprint density at radius 2 is 2.06 bits per heavy atom. The Morgan fingerprint density at radius 1 is 1.26 bits per heavy atom. The van der Waals surface area contributed by atoms with Gasteiger partial charge >= 0.3 is 0 Å². The van der Waals surface area contributed by atoms with Gasteiger partial charge in [-0.15, -0.1) is 0 Å². The van der Waals surface area contributed by atoms with E-state index >= 15 is 0 Å². The summed E-state index contributed by atoms with van der Waals surface area (Å²) in [5.74, 6) is -0.0746. The molecule has 0 saturated carbocycles. The van der Waals surface area contributed by atoms with E-state index in [1.54, 1.807) is 11.3 Å². The second-order valence-corrected chi connectivity index (χ2v) is 8.87. The number of ether oxygens (including phenoxy) is 1. The van der Waals surface area contributed by atoms with Crippen molar-refractivity contribution in [2.24, 2.45) is 0 Å². The molecule has 4 rings (SSSR count). The van der Waals surface area contributed by atoms with Crippen LogP contribution in [0, 0.1) is 6.92 Å². The summed E-state index contributed by atoms with van der Waals surface area (Å²) in [6.45, 7) is 12.0. The number of carbonyl (C=O) groups excluding carboxylic acids is 1. The molecule has 0 atom stereocenters. The summed E-state index contributed by atoms with van der Waals surface area (Å²) in [6.07, 6.45) is 1.81. The quantitative estimate of drug-likeness (QED) is 0.533. The zero-order chi connectivity index (χ0) is 21.8. The number of rotatable bonds is 8. The van der Waals surface area contributed by atoms with E-state index in [0.29, 0.717) is 12.2 Å². The average Bonchev–Trinajstić information content (AvgIpc) is 3.40. The van der Waals surface area contributed by atoms with Crippen molar-refractivity contribution in [2.45, 2.75) is 40.2 Å². The summed E-state index contributed by atoms with van der Waals surface area (Å²) in [5, 5.41) is 5.29. The fourth-order valence-electron chi connectivity index (χ4n) is 4.03. The van der Waals surface area contributed by atoms with Gasteiger partial charge in [0.25, 0.3) is 5.91 Å². The standard InChI is InChI=1S/C23H31N5O2S/c1-4-18-8-6-9-20-21(18)24-23(31-20)27(11-7-10-26-12-14-30-15-13-26)22(29)19-16-17(3)28(5-2)25-19/h6,8-9,16H,4-5,7,10-15H2,1-3H3. The van der Waals surface area contributed by atoms with Crippen LogP contribution < -0.4 is 4.90 Å². The summed E-state index contributed by atoms with van der Waals surface area (Å²) in [5.41, 5.74) is 3.70. The monoisotopic (exact) mass is 441 g/mol. The number of hydrogen-bond donors (Lipinski definition) is 0. The predicted octanol–water partition coefficient (Wildman–Crippen LogP) is 3.75. The number of carbonyl (C=O) groups is 1. The maximum absolute atomic E-state index is 13.5. The van der Waals surface area contributed by atoms with Crippen LogP contribution in [0.2, 0.25) is 0 Å². The lowest BCUT2D eigenvalue weighted by molar-refractivity contribution is 0.0376. The molecule has 3 heterocycles. The molecule has 3 aromatic rings. The van der Waals surface area contributed by atoms with Crippen LogP contribution in [0.15, 0.2) is 24.3 Å². The van der Waals surface area contributed by atoms with Gasteiger partial charge in [0.2, 0.25) is 0 Å². The second kappa shape index (κ2) is 9.89. The summed E-state index contributed by atoms with van der Waals surface area (Å²) in [6, 6.07) is 8.15. The number of aromatic nitrogens is 3. The Kier molecular flexibility index (Phi) is 6.99. The van der Waals surface area contributed by atoms with Crippen LogP contribution in [0.5, 0.6) is 0 Å². The van der Waals surface area contributed by atoms with E-state index in [9.17, 15) is 4.79 Å². The second-order valence-electron chi connectivity index (χ2n) is 7.86. The highest BCUT2D eigenvalue weighted by Crippen LogP contribution is 2.32. The number of thiazole rings is 1. The molecular weight excluding hydrogens is 410 g/mol. The summed E-state index contributed by atoms with van der Waals surface area (Å²) in [7, 11) is 0. The molecule has 1 aliphatic heterocycles. The largest absolute Gasteiger partial charge is 0.379 e. The Morgan fingerprint density at radius 3 is 2.77 bits per heavy atom. The van der Waals surface area contributed by atoms with Gasteiger partial charge < -0.3 is 4.74 Å². The summed E-state index contributed by atoms with van der Waals surface area (Å²) >= 11 is 1.59. The smallest absolute Gasteiger partial charge is 0.280 e. The van der Waals surface area contributed by atoms with Crippen molar-refractivity contribution < 1.29 is 9.53 Å². The van der Waals surface area contributed by atoms with E-state index < -0.39 is 0 Å². The van der Waals surface area contributed by atoms with Crippen LogP contribution in [-0.2, 0) is 17.7 Å². The van der Waals surface area contributed by atoms with Gasteiger partial charge in [-0.25, -0.2) is 4.98 Å². The van der Waals surface area contributed by atoms with E-state index in [1.165, 1.54) is 5.56 Å². The van der Waals surface area contributed by atoms with Crippen LogP contribution in [-0.4, -0.2) is 65.0 Å². The molecule has 2 aromatic heterocycles. The van der Waals surface area contributed by atoms with Gasteiger partial charge in [0.05, 0.1) is 23.4 Å². The first-order chi connectivity index (χ1) is 15.1. The number of amides is 1. The fraction of sp³-hybridized carbons (Fsp3) is 0.522. The van der Waals surface area contributed by atoms with E-state index in [2.05, 4.69) is 35.1 Å². The van der Waals surface area contributed by atoms with Crippen LogP contribution >= 0.6 is 11.3 Å². The molecule has 31 heavy (non-hydrogen) atoms. The molecule has 0 radical (unpaired) electrons. The minimum atomic E-state index is -0.0746. The third-order valence-electron chi connectivity index (χ3n) is 5.81. The lowest BCUT2D eigenvalue weighted by atomic mass is 10.1.